The van der Waals surface area contributed by atoms with Crippen LogP contribution in [0.4, 0.5) is 0 Å². The van der Waals surface area contributed by atoms with E-state index in [0.29, 0.717) is 0 Å². The normalized spacial score (nSPS) is 8.00. The Balaban J connectivity index is 0. The molecule has 0 aromatic rings. The molecule has 1 N–H and O–H groups in total. The maximum Gasteiger partial charge on any atom is 0.306 e. The van der Waals surface area contributed by atoms with Crippen molar-refractivity contribution in [3.05, 3.63) is 12.7 Å². The van der Waals surface area contributed by atoms with E-state index in [0.717, 1.165) is 0 Å². The van der Waals surface area contributed by atoms with Gasteiger partial charge in [0, 0.05) is 0 Å². The molecule has 0 radical (unpaired) electrons. The molecule has 0 spiro atoms. The Morgan fingerprint density at radius 2 is 2.00 bits per heavy atom. The molecular formula is C7H12O4S. The quantitative estimate of drug-likeness (QED) is 0.514. The molecule has 0 aliphatic carbocycles. The van der Waals surface area contributed by atoms with Crippen molar-refractivity contribution in [2.75, 3.05) is 6.61 Å². The first-order chi connectivity index (χ1) is 5.16. The number of esters is 1. The molecule has 0 aromatic heterocycles. The van der Waals surface area contributed by atoms with Crippen LogP contribution in [-0.4, -0.2) is 23.7 Å². The van der Waals surface area contributed by atoms with Gasteiger partial charge in [0.15, 0.2) is 0 Å². The molecule has 0 aliphatic heterocycles. The molecule has 4 nitrogen and oxygen atoms in total. The monoisotopic (exact) mass is 192 g/mol. The summed E-state index contributed by atoms with van der Waals surface area (Å²) in [6.07, 6.45) is 1.16. The van der Waals surface area contributed by atoms with Gasteiger partial charge in [0.25, 0.3) is 0 Å². The van der Waals surface area contributed by atoms with E-state index < -0.39 is 11.9 Å². The van der Waals surface area contributed by atoms with Crippen molar-refractivity contribution in [3.63, 3.8) is 0 Å². The Bertz CT molecular complexity index is 167. The first-order valence-electron chi connectivity index (χ1n) is 3.15. The summed E-state index contributed by atoms with van der Waals surface area (Å²) in [5.41, 5.74) is 0. The van der Waals surface area contributed by atoms with E-state index in [4.69, 9.17) is 5.11 Å². The highest BCUT2D eigenvalue weighted by atomic mass is 32.1. The van der Waals surface area contributed by atoms with Crippen molar-refractivity contribution in [1.29, 1.82) is 0 Å². The van der Waals surface area contributed by atoms with Crippen molar-refractivity contribution >= 4 is 25.4 Å². The lowest BCUT2D eigenvalue weighted by Gasteiger charge is -1.98. The Labute approximate surface area is 77.7 Å². The smallest absolute Gasteiger partial charge is 0.306 e. The first-order valence-corrected chi connectivity index (χ1v) is 3.15. The number of ether oxygens (including phenoxy) is 1. The molecule has 0 amide bonds. The van der Waals surface area contributed by atoms with E-state index in [1.165, 1.54) is 6.08 Å². The zero-order chi connectivity index (χ0) is 8.69. The van der Waals surface area contributed by atoms with E-state index in [-0.39, 0.29) is 32.9 Å². The van der Waals surface area contributed by atoms with Crippen molar-refractivity contribution in [3.8, 4) is 0 Å². The van der Waals surface area contributed by atoms with Crippen molar-refractivity contribution < 1.29 is 19.4 Å². The topological polar surface area (TPSA) is 63.6 Å². The predicted molar refractivity (Wildman–Crippen MR) is 48.4 cm³/mol. The van der Waals surface area contributed by atoms with Crippen LogP contribution in [0.5, 0.6) is 0 Å². The molecule has 0 aliphatic rings. The molecule has 0 rings (SSSR count). The van der Waals surface area contributed by atoms with Crippen LogP contribution in [0.2, 0.25) is 0 Å². The Hall–Kier alpha value is -0.970. The van der Waals surface area contributed by atoms with E-state index in [1.54, 1.807) is 0 Å². The predicted octanol–water partition coefficient (Wildman–Crippen LogP) is 0.693. The minimum absolute atomic E-state index is 0. The molecule has 0 atom stereocenters. The molecule has 0 bridgehead atoms. The second kappa shape index (κ2) is 8.13. The fourth-order valence-electron chi connectivity index (χ4n) is 0.433. The van der Waals surface area contributed by atoms with Crippen molar-refractivity contribution in [2.45, 2.75) is 12.8 Å². The average molecular weight is 192 g/mol. The number of aliphatic carboxylic acids is 1. The van der Waals surface area contributed by atoms with Gasteiger partial charge in [-0.25, -0.2) is 0 Å². The van der Waals surface area contributed by atoms with E-state index in [9.17, 15) is 9.59 Å². The number of rotatable bonds is 5. The van der Waals surface area contributed by atoms with Gasteiger partial charge in [-0.15, -0.1) is 0 Å². The second-order valence-electron chi connectivity index (χ2n) is 1.87. The third-order valence-electron chi connectivity index (χ3n) is 0.905. The SMILES string of the molecule is C=CCOC(=O)CCC(=O)O.S. The molecule has 12 heavy (non-hydrogen) atoms. The Kier molecular flexibility index (Phi) is 9.22. The summed E-state index contributed by atoms with van der Waals surface area (Å²) in [5, 5.41) is 8.16. The summed E-state index contributed by atoms with van der Waals surface area (Å²) >= 11 is 0. The summed E-state index contributed by atoms with van der Waals surface area (Å²) in [4.78, 5) is 20.5. The van der Waals surface area contributed by atoms with Gasteiger partial charge in [-0.05, 0) is 0 Å². The fraction of sp³-hybridized carbons (Fsp3) is 0.429. The van der Waals surface area contributed by atoms with Gasteiger partial charge in [-0.2, -0.15) is 13.5 Å². The van der Waals surface area contributed by atoms with Crippen molar-refractivity contribution in [2.24, 2.45) is 0 Å². The summed E-state index contributed by atoms with van der Waals surface area (Å²) < 4.78 is 4.52. The summed E-state index contributed by atoms with van der Waals surface area (Å²) in [5.74, 6) is -1.51. The lowest BCUT2D eigenvalue weighted by atomic mass is 10.3. The van der Waals surface area contributed by atoms with Crippen LogP contribution in [0, 0.1) is 0 Å². The average Bonchev–Trinajstić information content (AvgIpc) is 1.97. The number of carboxylic acids is 1. The van der Waals surface area contributed by atoms with Gasteiger partial charge < -0.3 is 9.84 Å². The van der Waals surface area contributed by atoms with E-state index in [1.807, 2.05) is 0 Å². The summed E-state index contributed by atoms with van der Waals surface area (Å²) in [6, 6.07) is 0. The standard InChI is InChI=1S/C7H10O4.H2S/c1-2-5-11-7(10)4-3-6(8)9;/h2H,1,3-5H2,(H,8,9);1H2. The number of carboxylic acid groups (broad SMARTS) is 1. The third-order valence-corrected chi connectivity index (χ3v) is 0.905. The zero-order valence-corrected chi connectivity index (χ0v) is 7.58. The number of carbonyl (C=O) groups is 2. The minimum atomic E-state index is -0.999. The number of hydrogen-bond donors (Lipinski definition) is 1. The van der Waals surface area contributed by atoms with Crippen LogP contribution >= 0.6 is 13.5 Å². The molecule has 0 aromatic carbocycles. The minimum Gasteiger partial charge on any atom is -0.481 e. The summed E-state index contributed by atoms with van der Waals surface area (Å²) in [7, 11) is 0. The maximum atomic E-state index is 10.6. The largest absolute Gasteiger partial charge is 0.481 e. The second-order valence-corrected chi connectivity index (χ2v) is 1.87. The molecule has 70 valence electrons. The van der Waals surface area contributed by atoms with Gasteiger partial charge in [-0.1, -0.05) is 12.7 Å². The Morgan fingerprint density at radius 1 is 1.42 bits per heavy atom. The van der Waals surface area contributed by atoms with Crippen LogP contribution in [0.15, 0.2) is 12.7 Å². The molecule has 0 saturated carbocycles. The van der Waals surface area contributed by atoms with Gasteiger partial charge >= 0.3 is 11.9 Å². The zero-order valence-electron chi connectivity index (χ0n) is 6.58. The first kappa shape index (κ1) is 13.6. The molecular weight excluding hydrogens is 180 g/mol. The fourth-order valence-corrected chi connectivity index (χ4v) is 0.433. The van der Waals surface area contributed by atoms with Crippen LogP contribution in [0.25, 0.3) is 0 Å². The van der Waals surface area contributed by atoms with Crippen LogP contribution in [0.1, 0.15) is 12.8 Å². The van der Waals surface area contributed by atoms with E-state index >= 15 is 0 Å². The van der Waals surface area contributed by atoms with Crippen LogP contribution in [0.3, 0.4) is 0 Å². The van der Waals surface area contributed by atoms with Crippen LogP contribution in [-0.2, 0) is 14.3 Å². The highest BCUT2D eigenvalue weighted by Crippen LogP contribution is 1.92. The van der Waals surface area contributed by atoms with Gasteiger partial charge in [0.2, 0.25) is 0 Å². The number of carbonyl (C=O) groups excluding carboxylic acids is 1. The molecule has 0 saturated heterocycles. The Morgan fingerprint density at radius 3 is 2.42 bits per heavy atom. The highest BCUT2D eigenvalue weighted by molar-refractivity contribution is 7.59. The maximum absolute atomic E-state index is 10.6. The lowest BCUT2D eigenvalue weighted by molar-refractivity contribution is -0.146. The highest BCUT2D eigenvalue weighted by Gasteiger charge is 2.04. The molecule has 5 heteroatoms. The van der Waals surface area contributed by atoms with Crippen LogP contribution < -0.4 is 0 Å². The third kappa shape index (κ3) is 9.03. The van der Waals surface area contributed by atoms with Gasteiger partial charge in [-0.3, -0.25) is 9.59 Å². The van der Waals surface area contributed by atoms with Gasteiger partial charge in [0.1, 0.15) is 6.61 Å². The van der Waals surface area contributed by atoms with Crippen molar-refractivity contribution in [1.82, 2.24) is 0 Å². The molecule has 0 fully saturated rings. The summed E-state index contributed by atoms with van der Waals surface area (Å²) in [6.45, 7) is 3.47. The van der Waals surface area contributed by atoms with E-state index in [2.05, 4.69) is 11.3 Å². The lowest BCUT2D eigenvalue weighted by Crippen LogP contribution is -2.07. The molecule has 0 unspecified atom stereocenters. The van der Waals surface area contributed by atoms with Gasteiger partial charge in [0.05, 0.1) is 12.8 Å². The molecule has 0 heterocycles. The number of hydrogen-bond acceptors (Lipinski definition) is 3.